The normalized spacial score (nSPS) is 24.9. The third-order valence-electron chi connectivity index (χ3n) is 10.1. The van der Waals surface area contributed by atoms with Crippen LogP contribution in [0.4, 0.5) is 10.1 Å². The first-order chi connectivity index (χ1) is 22.8. The molecule has 246 valence electrons. The quantitative estimate of drug-likeness (QED) is 0.214. The number of hydrogen-bond acceptors (Lipinski definition) is 9. The van der Waals surface area contributed by atoms with Gasteiger partial charge in [-0.3, -0.25) is 4.90 Å². The maximum Gasteiger partial charge on any atom is 0.338 e. The van der Waals surface area contributed by atoms with E-state index >= 15 is 0 Å². The SMILES string of the molecule is COC(=O)c1cc(OC)c2nc(CN3CCN(c4cccc5c4O[C@](C)(c4ccc(Cl)cc4F)O5)[C@@H]4CC[C@H]43)n(C[C@@H]3CCO3)c2c1. The first-order valence-electron chi connectivity index (χ1n) is 16.0. The van der Waals surface area contributed by atoms with Crippen molar-refractivity contribution in [3.8, 4) is 17.2 Å². The number of para-hydroxylation sites is 1. The van der Waals surface area contributed by atoms with E-state index in [1.807, 2.05) is 18.2 Å². The van der Waals surface area contributed by atoms with Gasteiger partial charge in [-0.2, -0.15) is 0 Å². The predicted octanol–water partition coefficient (Wildman–Crippen LogP) is 5.91. The van der Waals surface area contributed by atoms with Gasteiger partial charge in [0.2, 0.25) is 0 Å². The number of esters is 1. The lowest BCUT2D eigenvalue weighted by molar-refractivity contribution is -0.0706. The summed E-state index contributed by atoms with van der Waals surface area (Å²) >= 11 is 6.02. The largest absolute Gasteiger partial charge is 0.494 e. The molecule has 1 aliphatic carbocycles. The van der Waals surface area contributed by atoms with Crippen molar-refractivity contribution < 1.29 is 32.9 Å². The Morgan fingerprint density at radius 1 is 1.09 bits per heavy atom. The fourth-order valence-corrected chi connectivity index (χ4v) is 7.55. The number of benzene rings is 3. The summed E-state index contributed by atoms with van der Waals surface area (Å²) < 4.78 is 46.4. The summed E-state index contributed by atoms with van der Waals surface area (Å²) in [4.78, 5) is 22.5. The molecule has 0 amide bonds. The van der Waals surface area contributed by atoms with Gasteiger partial charge in [0.05, 0.1) is 55.7 Å². The number of aromatic nitrogens is 2. The van der Waals surface area contributed by atoms with Crippen molar-refractivity contribution >= 4 is 34.3 Å². The van der Waals surface area contributed by atoms with Gasteiger partial charge in [-0.25, -0.2) is 14.2 Å². The number of halogens is 2. The number of anilines is 1. The van der Waals surface area contributed by atoms with E-state index in [2.05, 4.69) is 20.4 Å². The molecular formula is C35H36ClFN4O6. The van der Waals surface area contributed by atoms with E-state index in [-0.39, 0.29) is 12.1 Å². The topological polar surface area (TPSA) is 87.5 Å². The molecule has 4 aliphatic rings. The van der Waals surface area contributed by atoms with E-state index < -0.39 is 17.6 Å². The van der Waals surface area contributed by atoms with Crippen LogP contribution < -0.4 is 19.1 Å². The van der Waals surface area contributed by atoms with Crippen LogP contribution >= 0.6 is 11.6 Å². The van der Waals surface area contributed by atoms with E-state index in [1.54, 1.807) is 32.2 Å². The Labute approximate surface area is 276 Å². The summed E-state index contributed by atoms with van der Waals surface area (Å²) in [6.45, 7) is 5.36. The van der Waals surface area contributed by atoms with Gasteiger partial charge < -0.3 is 33.2 Å². The Hall–Kier alpha value is -4.06. The number of rotatable bonds is 8. The number of hydrogen-bond donors (Lipinski definition) is 0. The van der Waals surface area contributed by atoms with Crippen LogP contribution in [0.25, 0.3) is 11.0 Å². The molecule has 4 aromatic rings. The molecule has 0 N–H and O–H groups in total. The molecule has 10 nitrogen and oxygen atoms in total. The third-order valence-corrected chi connectivity index (χ3v) is 10.3. The third kappa shape index (κ3) is 5.06. The molecule has 12 heteroatoms. The van der Waals surface area contributed by atoms with Crippen molar-refractivity contribution in [1.82, 2.24) is 14.5 Å². The van der Waals surface area contributed by atoms with Gasteiger partial charge in [-0.15, -0.1) is 0 Å². The van der Waals surface area contributed by atoms with Crippen LogP contribution in [0.3, 0.4) is 0 Å². The number of ether oxygens (including phenoxy) is 5. The number of carbonyl (C=O) groups excluding carboxylic acids is 1. The van der Waals surface area contributed by atoms with Crippen molar-refractivity contribution in [3.05, 3.63) is 76.3 Å². The van der Waals surface area contributed by atoms with E-state index in [9.17, 15) is 9.18 Å². The Morgan fingerprint density at radius 3 is 2.62 bits per heavy atom. The summed E-state index contributed by atoms with van der Waals surface area (Å²) in [5.41, 5.74) is 3.21. The zero-order valence-electron chi connectivity index (χ0n) is 26.5. The summed E-state index contributed by atoms with van der Waals surface area (Å²) in [6.07, 6.45) is 3.18. The summed E-state index contributed by atoms with van der Waals surface area (Å²) in [5.74, 6) is 0.446. The molecule has 1 saturated carbocycles. The molecule has 8 rings (SSSR count). The molecule has 4 atom stereocenters. The lowest BCUT2D eigenvalue weighted by Gasteiger charge is -2.54. The fourth-order valence-electron chi connectivity index (χ4n) is 7.39. The molecule has 3 aromatic carbocycles. The molecule has 3 fully saturated rings. The van der Waals surface area contributed by atoms with Crippen molar-refractivity contribution in [3.63, 3.8) is 0 Å². The standard InChI is InChI=1S/C35H36ClFN4O6/c1-35(23-8-7-21(36)17-24(23)37)46-29-6-4-5-27(33(29)47-35)40-13-12-39(25-9-10-26(25)40)19-31-38-32-28(41(31)18-22-11-14-45-22)15-20(34(42)44-3)16-30(32)43-2/h4-8,15-17,22,25-26H,9-14,18-19H2,1-3H3/t22-,25+,26+,35+/m0/s1. The van der Waals surface area contributed by atoms with Crippen molar-refractivity contribution in [1.29, 1.82) is 0 Å². The number of carbonyl (C=O) groups is 1. The maximum absolute atomic E-state index is 15.0. The average Bonchev–Trinajstić information content (AvgIpc) is 3.55. The molecular weight excluding hydrogens is 627 g/mol. The van der Waals surface area contributed by atoms with Gasteiger partial charge in [-0.1, -0.05) is 17.7 Å². The van der Waals surface area contributed by atoms with E-state index in [1.165, 1.54) is 13.2 Å². The minimum Gasteiger partial charge on any atom is -0.494 e. The van der Waals surface area contributed by atoms with Crippen LogP contribution in [-0.4, -0.2) is 72.5 Å². The van der Waals surface area contributed by atoms with Crippen LogP contribution in [0, 0.1) is 5.82 Å². The second kappa shape index (κ2) is 11.6. The lowest BCUT2D eigenvalue weighted by atomic mass is 9.81. The Kier molecular flexibility index (Phi) is 7.46. The minimum absolute atomic E-state index is 0.0988. The molecule has 4 heterocycles. The molecule has 0 unspecified atom stereocenters. The molecule has 2 saturated heterocycles. The number of fused-ring (bicyclic) bond motifs is 3. The van der Waals surface area contributed by atoms with Gasteiger partial charge in [0.1, 0.15) is 22.9 Å². The molecule has 3 aliphatic heterocycles. The van der Waals surface area contributed by atoms with Crippen LogP contribution in [-0.2, 0) is 28.4 Å². The van der Waals surface area contributed by atoms with Crippen LogP contribution in [0.2, 0.25) is 5.02 Å². The first-order valence-corrected chi connectivity index (χ1v) is 16.4. The highest BCUT2D eigenvalue weighted by molar-refractivity contribution is 6.30. The molecule has 1 aromatic heterocycles. The number of methoxy groups -OCH3 is 2. The maximum atomic E-state index is 15.0. The summed E-state index contributed by atoms with van der Waals surface area (Å²) in [7, 11) is 2.96. The molecule has 0 radical (unpaired) electrons. The van der Waals surface area contributed by atoms with Crippen molar-refractivity contribution in [2.45, 2.75) is 63.3 Å². The average molecular weight is 663 g/mol. The van der Waals surface area contributed by atoms with E-state index in [0.29, 0.717) is 52.5 Å². The lowest BCUT2D eigenvalue weighted by Crippen LogP contribution is -2.64. The van der Waals surface area contributed by atoms with Crippen LogP contribution in [0.5, 0.6) is 17.2 Å². The van der Waals surface area contributed by atoms with Gasteiger partial charge >= 0.3 is 5.97 Å². The highest BCUT2D eigenvalue weighted by atomic mass is 35.5. The zero-order valence-corrected chi connectivity index (χ0v) is 27.3. The predicted molar refractivity (Wildman–Crippen MR) is 173 cm³/mol. The number of piperazine rings is 1. The van der Waals surface area contributed by atoms with Crippen LogP contribution in [0.15, 0.2) is 48.5 Å². The Bertz CT molecular complexity index is 1880. The smallest absolute Gasteiger partial charge is 0.338 e. The second-order valence-corrected chi connectivity index (χ2v) is 13.1. The minimum atomic E-state index is -1.31. The molecule has 0 bridgehead atoms. The molecule has 47 heavy (non-hydrogen) atoms. The van der Waals surface area contributed by atoms with Crippen molar-refractivity contribution in [2.24, 2.45) is 0 Å². The van der Waals surface area contributed by atoms with Gasteiger partial charge in [0.15, 0.2) is 11.5 Å². The first kappa shape index (κ1) is 30.3. The van der Waals surface area contributed by atoms with Gasteiger partial charge in [-0.05, 0) is 61.7 Å². The summed E-state index contributed by atoms with van der Waals surface area (Å²) in [6, 6.07) is 14.5. The second-order valence-electron chi connectivity index (χ2n) is 12.7. The van der Waals surface area contributed by atoms with Crippen LogP contribution in [0.1, 0.15) is 47.9 Å². The Morgan fingerprint density at radius 2 is 1.91 bits per heavy atom. The Balaban J connectivity index is 1.07. The van der Waals surface area contributed by atoms with Gasteiger partial charge in [0.25, 0.3) is 5.79 Å². The molecule has 0 spiro atoms. The van der Waals surface area contributed by atoms with E-state index in [4.69, 9.17) is 40.3 Å². The summed E-state index contributed by atoms with van der Waals surface area (Å²) in [5, 5.41) is 0.317. The van der Waals surface area contributed by atoms with Gasteiger partial charge in [0, 0.05) is 43.7 Å². The zero-order chi connectivity index (χ0) is 32.4. The number of imidazole rings is 1. The monoisotopic (exact) mass is 662 g/mol. The fraction of sp³-hybridized carbons (Fsp3) is 0.429. The van der Waals surface area contributed by atoms with E-state index in [0.717, 1.165) is 61.5 Å². The highest BCUT2D eigenvalue weighted by Gasteiger charge is 2.47. The van der Waals surface area contributed by atoms with Crippen molar-refractivity contribution in [2.75, 3.05) is 38.8 Å². The highest BCUT2D eigenvalue weighted by Crippen LogP contribution is 2.51. The number of nitrogens with zero attached hydrogens (tertiary/aromatic N) is 4.